The molecule has 0 aliphatic heterocycles. The summed E-state index contributed by atoms with van der Waals surface area (Å²) in [7, 11) is -4.29. The number of hydrogen-bond acceptors (Lipinski definition) is 1. The molecule has 0 radical (unpaired) electrons. The fourth-order valence-corrected chi connectivity index (χ4v) is 1.23. The van der Waals surface area contributed by atoms with Gasteiger partial charge in [0.25, 0.3) is 0 Å². The van der Waals surface area contributed by atoms with Gasteiger partial charge in [0.1, 0.15) is 5.82 Å². The van der Waals surface area contributed by atoms with E-state index < -0.39 is 13.4 Å². The smallest absolute Gasteiger partial charge is 0.321 e. The molecule has 1 aromatic rings. The average Bonchev–Trinajstić information content (AvgIpc) is 1.86. The van der Waals surface area contributed by atoms with Gasteiger partial charge in [-0.3, -0.25) is 4.57 Å². The van der Waals surface area contributed by atoms with E-state index in [1.165, 1.54) is 12.1 Å². The zero-order valence-electron chi connectivity index (χ0n) is 6.14. The summed E-state index contributed by atoms with van der Waals surface area (Å²) in [5.74, 6) is -0.647. The van der Waals surface area contributed by atoms with E-state index in [1.807, 2.05) is 0 Å². The Morgan fingerprint density at radius 1 is 1.33 bits per heavy atom. The molecule has 0 saturated heterocycles. The van der Waals surface area contributed by atoms with Crippen LogP contribution in [-0.2, 0) is 24.0 Å². The molecule has 0 spiro atoms. The van der Waals surface area contributed by atoms with E-state index in [4.69, 9.17) is 9.79 Å². The predicted molar refractivity (Wildman–Crippen MR) is 38.1 cm³/mol. The third-order valence-corrected chi connectivity index (χ3v) is 2.10. The molecule has 0 bridgehead atoms. The Balaban J connectivity index is 0.00000121. The van der Waals surface area contributed by atoms with E-state index in [2.05, 4.69) is 0 Å². The van der Waals surface area contributed by atoms with Gasteiger partial charge in [0, 0.05) is 19.5 Å². The topological polar surface area (TPSA) is 57.5 Å². The molecule has 1 aromatic carbocycles. The second-order valence-corrected chi connectivity index (χ2v) is 3.63. The first-order valence-electron chi connectivity index (χ1n) is 2.82. The average molecular weight is 241 g/mol. The van der Waals surface area contributed by atoms with Crippen LogP contribution in [0.3, 0.4) is 0 Å². The van der Waals surface area contributed by atoms with Crippen molar-refractivity contribution in [2.45, 2.75) is 0 Å². The summed E-state index contributed by atoms with van der Waals surface area (Å²) in [5, 5.41) is -0.294. The van der Waals surface area contributed by atoms with E-state index in [9.17, 15) is 8.96 Å². The number of rotatable bonds is 1. The second kappa shape index (κ2) is 4.24. The van der Waals surface area contributed by atoms with Crippen molar-refractivity contribution < 1.29 is 38.2 Å². The molecule has 3 nitrogen and oxygen atoms in total. The van der Waals surface area contributed by atoms with Crippen LogP contribution in [0.4, 0.5) is 4.39 Å². The van der Waals surface area contributed by atoms with E-state index in [-0.39, 0.29) is 24.8 Å². The van der Waals surface area contributed by atoms with Gasteiger partial charge in [-0.05, 0) is 18.2 Å². The molecule has 0 aromatic heterocycles. The van der Waals surface area contributed by atoms with Crippen LogP contribution >= 0.6 is 7.60 Å². The van der Waals surface area contributed by atoms with E-state index >= 15 is 0 Å². The van der Waals surface area contributed by atoms with E-state index in [0.717, 1.165) is 12.1 Å². The first kappa shape index (κ1) is 11.9. The van der Waals surface area contributed by atoms with Crippen molar-refractivity contribution >= 4 is 12.9 Å². The zero-order chi connectivity index (χ0) is 8.48. The molecule has 0 atom stereocenters. The summed E-state index contributed by atoms with van der Waals surface area (Å²) in [6, 6.07) is 4.38. The molecule has 1 rings (SSSR count). The molecule has 0 saturated carbocycles. The monoisotopic (exact) mass is 240 g/mol. The fourth-order valence-electron chi connectivity index (χ4n) is 0.657. The molecule has 62 valence electrons. The molecule has 0 aliphatic rings. The first-order chi connectivity index (χ1) is 5.00. The largest absolute Gasteiger partial charge is 0.356 e. The molecule has 0 aliphatic carbocycles. The Bertz CT molecular complexity index is 311. The summed E-state index contributed by atoms with van der Waals surface area (Å²) in [4.78, 5) is 17.1. The van der Waals surface area contributed by atoms with Gasteiger partial charge in [-0.1, -0.05) is 6.07 Å². The summed E-state index contributed by atoms with van der Waals surface area (Å²) in [5.41, 5.74) is 0. The van der Waals surface area contributed by atoms with Crippen LogP contribution in [0.15, 0.2) is 24.3 Å². The standard InChI is InChI=1S/C6H6FO3P.Zn/c7-5-2-1-3-6(4-5)11(8,9)10;/h1-4H,(H2,8,9,10);. The Morgan fingerprint density at radius 2 is 1.92 bits per heavy atom. The maximum Gasteiger partial charge on any atom is 0.356 e. The van der Waals surface area contributed by atoms with Crippen LogP contribution in [0, 0.1) is 5.82 Å². The molecule has 6 heteroatoms. The van der Waals surface area contributed by atoms with Crippen LogP contribution in [0.2, 0.25) is 0 Å². The van der Waals surface area contributed by atoms with Gasteiger partial charge in [0.2, 0.25) is 0 Å². The van der Waals surface area contributed by atoms with Gasteiger partial charge < -0.3 is 9.79 Å². The molecular weight excluding hydrogens is 235 g/mol. The number of hydrogen-bond donors (Lipinski definition) is 2. The maximum absolute atomic E-state index is 12.4. The van der Waals surface area contributed by atoms with Crippen LogP contribution < -0.4 is 5.30 Å². The molecule has 12 heavy (non-hydrogen) atoms. The summed E-state index contributed by atoms with van der Waals surface area (Å²) >= 11 is 0. The van der Waals surface area contributed by atoms with Gasteiger partial charge in [-0.25, -0.2) is 4.39 Å². The Kier molecular flexibility index (Phi) is 4.22. The van der Waals surface area contributed by atoms with Gasteiger partial charge in [0.15, 0.2) is 0 Å². The Labute approximate surface area is 81.5 Å². The molecule has 2 N–H and O–H groups in total. The zero-order valence-corrected chi connectivity index (χ0v) is 10.0. The van der Waals surface area contributed by atoms with Crippen molar-refractivity contribution in [3.63, 3.8) is 0 Å². The third-order valence-electron chi connectivity index (χ3n) is 1.14. The van der Waals surface area contributed by atoms with Crippen molar-refractivity contribution in [2.24, 2.45) is 0 Å². The van der Waals surface area contributed by atoms with E-state index in [1.54, 1.807) is 0 Å². The fraction of sp³-hybridized carbons (Fsp3) is 0. The van der Waals surface area contributed by atoms with Crippen LogP contribution in [0.5, 0.6) is 0 Å². The number of benzene rings is 1. The quantitative estimate of drug-likeness (QED) is 0.560. The van der Waals surface area contributed by atoms with Gasteiger partial charge in [-0.15, -0.1) is 0 Å². The van der Waals surface area contributed by atoms with Gasteiger partial charge in [0.05, 0.1) is 5.30 Å². The minimum Gasteiger partial charge on any atom is -0.321 e. The van der Waals surface area contributed by atoms with Crippen molar-refractivity contribution in [1.82, 2.24) is 0 Å². The van der Waals surface area contributed by atoms with Crippen molar-refractivity contribution in [1.29, 1.82) is 0 Å². The molecule has 0 heterocycles. The SMILES string of the molecule is O=P(O)(O)c1cccc(F)c1.[Zn]. The van der Waals surface area contributed by atoms with Crippen LogP contribution in [0.25, 0.3) is 0 Å². The summed E-state index contributed by atoms with van der Waals surface area (Å²) < 4.78 is 22.9. The Morgan fingerprint density at radius 3 is 2.25 bits per heavy atom. The third kappa shape index (κ3) is 3.12. The molecule has 0 unspecified atom stereocenters. The first-order valence-corrected chi connectivity index (χ1v) is 4.43. The predicted octanol–water partition coefficient (Wildman–Crippen LogP) is 0.626. The normalized spacial score (nSPS) is 10.6. The van der Waals surface area contributed by atoms with Crippen LogP contribution in [-0.4, -0.2) is 9.79 Å². The number of halogens is 1. The van der Waals surface area contributed by atoms with E-state index in [0.29, 0.717) is 0 Å². The van der Waals surface area contributed by atoms with Gasteiger partial charge in [-0.2, -0.15) is 0 Å². The summed E-state index contributed by atoms with van der Waals surface area (Å²) in [6.45, 7) is 0. The Hall–Kier alpha value is -0.0766. The minimum absolute atomic E-state index is 0. The van der Waals surface area contributed by atoms with Crippen molar-refractivity contribution in [3.05, 3.63) is 30.1 Å². The molecular formula is C6H6FO3PZn. The second-order valence-electron chi connectivity index (χ2n) is 2.02. The maximum atomic E-state index is 12.4. The molecule has 0 fully saturated rings. The molecule has 0 amide bonds. The van der Waals surface area contributed by atoms with Crippen molar-refractivity contribution in [2.75, 3.05) is 0 Å². The van der Waals surface area contributed by atoms with Gasteiger partial charge >= 0.3 is 7.60 Å². The van der Waals surface area contributed by atoms with Crippen molar-refractivity contribution in [3.8, 4) is 0 Å². The summed E-state index contributed by atoms with van der Waals surface area (Å²) in [6.07, 6.45) is 0. The minimum atomic E-state index is -4.29. The van der Waals surface area contributed by atoms with Crippen LogP contribution in [0.1, 0.15) is 0 Å².